The van der Waals surface area contributed by atoms with E-state index in [4.69, 9.17) is 4.74 Å². The van der Waals surface area contributed by atoms with Gasteiger partial charge in [0, 0.05) is 11.1 Å². The highest BCUT2D eigenvalue weighted by molar-refractivity contribution is 5.95. The largest absolute Gasteiger partial charge is 0.491 e. The minimum Gasteiger partial charge on any atom is -0.491 e. The van der Waals surface area contributed by atoms with Gasteiger partial charge in [-0.1, -0.05) is 11.8 Å². The molecule has 0 aromatic heterocycles. The van der Waals surface area contributed by atoms with Crippen molar-refractivity contribution < 1.29 is 13.9 Å². The molecule has 1 saturated heterocycles. The fourth-order valence-corrected chi connectivity index (χ4v) is 2.86. The van der Waals surface area contributed by atoms with Crippen LogP contribution in [0.15, 0.2) is 42.5 Å². The topological polar surface area (TPSA) is 50.4 Å². The molecular formula is C22H23FN2O2. The molecule has 2 aromatic rings. The third kappa shape index (κ3) is 5.32. The van der Waals surface area contributed by atoms with E-state index in [1.165, 1.54) is 6.07 Å². The molecule has 2 aromatic carbocycles. The quantitative estimate of drug-likeness (QED) is 0.811. The van der Waals surface area contributed by atoms with Crippen molar-refractivity contribution in [1.29, 1.82) is 0 Å². The summed E-state index contributed by atoms with van der Waals surface area (Å²) in [4.78, 5) is 12.1. The van der Waals surface area contributed by atoms with Crippen LogP contribution < -0.4 is 15.4 Å². The first kappa shape index (κ1) is 18.9. The van der Waals surface area contributed by atoms with Gasteiger partial charge in [0.15, 0.2) is 0 Å². The molecule has 1 aliphatic rings. The van der Waals surface area contributed by atoms with Crippen molar-refractivity contribution in [3.05, 3.63) is 59.4 Å². The first-order valence-electron chi connectivity index (χ1n) is 9.14. The van der Waals surface area contributed by atoms with E-state index < -0.39 is 5.82 Å². The SMILES string of the molecule is CC(C)Oc1ccc(C#Cc2ccc(NC(=O)[C@H]3CCCN3)c(F)c2)cc1. The van der Waals surface area contributed by atoms with Gasteiger partial charge in [0.25, 0.3) is 0 Å². The Kier molecular flexibility index (Phi) is 6.10. The summed E-state index contributed by atoms with van der Waals surface area (Å²) in [5.74, 6) is 6.04. The Morgan fingerprint density at radius 3 is 2.52 bits per heavy atom. The van der Waals surface area contributed by atoms with E-state index in [0.29, 0.717) is 5.56 Å². The van der Waals surface area contributed by atoms with E-state index in [-0.39, 0.29) is 23.7 Å². The van der Waals surface area contributed by atoms with E-state index in [1.54, 1.807) is 12.1 Å². The summed E-state index contributed by atoms with van der Waals surface area (Å²) in [6.45, 7) is 4.76. The third-order valence-electron chi connectivity index (χ3n) is 4.18. The molecule has 1 aliphatic heterocycles. The Balaban J connectivity index is 1.65. The van der Waals surface area contributed by atoms with Crippen LogP contribution in [0.5, 0.6) is 5.75 Å². The Morgan fingerprint density at radius 2 is 1.89 bits per heavy atom. The van der Waals surface area contributed by atoms with Crippen molar-refractivity contribution in [3.8, 4) is 17.6 Å². The van der Waals surface area contributed by atoms with Gasteiger partial charge in [-0.15, -0.1) is 0 Å². The maximum atomic E-state index is 14.3. The Morgan fingerprint density at radius 1 is 1.19 bits per heavy atom. The van der Waals surface area contributed by atoms with Gasteiger partial charge in [0.2, 0.25) is 5.91 Å². The number of carbonyl (C=O) groups excluding carboxylic acids is 1. The van der Waals surface area contributed by atoms with Crippen LogP contribution in [-0.4, -0.2) is 24.6 Å². The molecule has 5 heteroatoms. The van der Waals surface area contributed by atoms with Crippen LogP contribution in [0.3, 0.4) is 0 Å². The van der Waals surface area contributed by atoms with Gasteiger partial charge >= 0.3 is 0 Å². The lowest BCUT2D eigenvalue weighted by Crippen LogP contribution is -2.35. The molecule has 0 bridgehead atoms. The molecule has 1 atom stereocenters. The monoisotopic (exact) mass is 366 g/mol. The summed E-state index contributed by atoms with van der Waals surface area (Å²) in [5.41, 5.74) is 1.54. The molecule has 140 valence electrons. The fourth-order valence-electron chi connectivity index (χ4n) is 2.86. The van der Waals surface area contributed by atoms with Gasteiger partial charge in [-0.3, -0.25) is 4.79 Å². The summed E-state index contributed by atoms with van der Waals surface area (Å²) in [5, 5.41) is 5.73. The Hall–Kier alpha value is -2.84. The van der Waals surface area contributed by atoms with Crippen LogP contribution in [0.4, 0.5) is 10.1 Å². The minimum atomic E-state index is -0.492. The van der Waals surface area contributed by atoms with Gasteiger partial charge < -0.3 is 15.4 Å². The number of carbonyl (C=O) groups is 1. The zero-order valence-electron chi connectivity index (χ0n) is 15.5. The predicted octanol–water partition coefficient (Wildman–Crippen LogP) is 3.70. The second-order valence-electron chi connectivity index (χ2n) is 6.77. The maximum absolute atomic E-state index is 14.3. The number of hydrogen-bond donors (Lipinski definition) is 2. The van der Waals surface area contributed by atoms with Crippen molar-refractivity contribution in [3.63, 3.8) is 0 Å². The molecule has 2 N–H and O–H groups in total. The average Bonchev–Trinajstić information content (AvgIpc) is 3.17. The Labute approximate surface area is 159 Å². The van der Waals surface area contributed by atoms with Crippen LogP contribution in [0.2, 0.25) is 0 Å². The second-order valence-corrected chi connectivity index (χ2v) is 6.77. The maximum Gasteiger partial charge on any atom is 0.241 e. The number of halogens is 1. The molecule has 1 fully saturated rings. The highest BCUT2D eigenvalue weighted by atomic mass is 19.1. The summed E-state index contributed by atoms with van der Waals surface area (Å²) in [6.07, 6.45) is 1.85. The van der Waals surface area contributed by atoms with Crippen LogP contribution in [0.1, 0.15) is 37.8 Å². The molecule has 0 unspecified atom stereocenters. The first-order chi connectivity index (χ1) is 13.0. The average molecular weight is 366 g/mol. The molecule has 4 nitrogen and oxygen atoms in total. The van der Waals surface area contributed by atoms with Crippen molar-refractivity contribution in [2.24, 2.45) is 0 Å². The number of ether oxygens (including phenoxy) is 1. The van der Waals surface area contributed by atoms with Crippen molar-refractivity contribution >= 4 is 11.6 Å². The van der Waals surface area contributed by atoms with Crippen molar-refractivity contribution in [2.75, 3.05) is 11.9 Å². The van der Waals surface area contributed by atoms with E-state index in [9.17, 15) is 9.18 Å². The highest BCUT2D eigenvalue weighted by Gasteiger charge is 2.22. The van der Waals surface area contributed by atoms with Gasteiger partial charge in [0.1, 0.15) is 11.6 Å². The van der Waals surface area contributed by atoms with Crippen LogP contribution >= 0.6 is 0 Å². The Bertz CT molecular complexity index is 860. The number of nitrogens with one attached hydrogen (secondary N) is 2. The fraction of sp³-hybridized carbons (Fsp3) is 0.318. The number of rotatable bonds is 4. The third-order valence-corrected chi connectivity index (χ3v) is 4.18. The summed E-state index contributed by atoms with van der Waals surface area (Å²) in [7, 11) is 0. The van der Waals surface area contributed by atoms with E-state index in [1.807, 2.05) is 38.1 Å². The first-order valence-corrected chi connectivity index (χ1v) is 9.14. The van der Waals surface area contributed by atoms with Crippen LogP contribution in [-0.2, 0) is 4.79 Å². The number of benzene rings is 2. The molecule has 27 heavy (non-hydrogen) atoms. The molecule has 0 aliphatic carbocycles. The summed E-state index contributed by atoms with van der Waals surface area (Å²) < 4.78 is 19.9. The smallest absolute Gasteiger partial charge is 0.241 e. The molecule has 1 amide bonds. The second kappa shape index (κ2) is 8.70. The van der Waals surface area contributed by atoms with E-state index >= 15 is 0 Å². The lowest BCUT2D eigenvalue weighted by molar-refractivity contribution is -0.117. The van der Waals surface area contributed by atoms with Crippen molar-refractivity contribution in [1.82, 2.24) is 5.32 Å². The minimum absolute atomic E-state index is 0.119. The van der Waals surface area contributed by atoms with E-state index in [0.717, 1.165) is 30.7 Å². The molecule has 0 spiro atoms. The number of hydrogen-bond acceptors (Lipinski definition) is 3. The molecule has 3 rings (SSSR count). The predicted molar refractivity (Wildman–Crippen MR) is 104 cm³/mol. The van der Waals surface area contributed by atoms with Gasteiger partial charge in [-0.2, -0.15) is 0 Å². The molecule has 0 saturated carbocycles. The molecular weight excluding hydrogens is 343 g/mol. The van der Waals surface area contributed by atoms with Crippen LogP contribution in [0.25, 0.3) is 0 Å². The lowest BCUT2D eigenvalue weighted by atomic mass is 10.1. The van der Waals surface area contributed by atoms with Gasteiger partial charge in [-0.25, -0.2) is 4.39 Å². The number of amides is 1. The highest BCUT2D eigenvalue weighted by Crippen LogP contribution is 2.17. The number of anilines is 1. The van der Waals surface area contributed by atoms with Gasteiger partial charge in [-0.05, 0) is 75.7 Å². The summed E-state index contributed by atoms with van der Waals surface area (Å²) in [6, 6.07) is 11.8. The lowest BCUT2D eigenvalue weighted by Gasteiger charge is -2.11. The van der Waals surface area contributed by atoms with Gasteiger partial charge in [0.05, 0.1) is 17.8 Å². The molecule has 0 radical (unpaired) electrons. The molecule has 1 heterocycles. The van der Waals surface area contributed by atoms with Crippen LogP contribution in [0, 0.1) is 17.7 Å². The standard InChI is InChI=1S/C22H23FN2O2/c1-15(2)27-18-10-7-16(8-11-18)5-6-17-9-12-20(19(23)14-17)25-22(26)21-4-3-13-24-21/h7-12,14-15,21,24H,3-4,13H2,1-2H3,(H,25,26)/t21-/m1/s1. The normalized spacial score (nSPS) is 15.9. The zero-order chi connectivity index (χ0) is 19.2. The van der Waals surface area contributed by atoms with E-state index in [2.05, 4.69) is 22.5 Å². The van der Waals surface area contributed by atoms with Crippen molar-refractivity contribution in [2.45, 2.75) is 38.8 Å². The summed E-state index contributed by atoms with van der Waals surface area (Å²) >= 11 is 0. The zero-order valence-corrected chi connectivity index (χ0v) is 15.5.